The van der Waals surface area contributed by atoms with Gasteiger partial charge >= 0.3 is 0 Å². The van der Waals surface area contributed by atoms with Gasteiger partial charge in [-0.2, -0.15) is 0 Å². The van der Waals surface area contributed by atoms with E-state index in [1.54, 1.807) is 6.07 Å². The van der Waals surface area contributed by atoms with Gasteiger partial charge in [-0.25, -0.2) is 0 Å². The Kier molecular flexibility index (Phi) is 5.94. The van der Waals surface area contributed by atoms with Gasteiger partial charge in [0, 0.05) is 6.54 Å². The zero-order valence-corrected chi connectivity index (χ0v) is 23.7. The van der Waals surface area contributed by atoms with Gasteiger partial charge in [-0.05, 0) is 126 Å². The number of nitrogens with one attached hydrogen (secondary N) is 1. The summed E-state index contributed by atoms with van der Waals surface area (Å²) in [5, 5.41) is 24.1. The Morgan fingerprint density at radius 2 is 1.32 bits per heavy atom. The maximum atomic E-state index is 14.2. The number of rotatable bonds is 3. The Labute approximate surface area is 228 Å². The second-order valence-corrected chi connectivity index (χ2v) is 14.2. The fourth-order valence-electron chi connectivity index (χ4n) is 10.00. The van der Waals surface area contributed by atoms with Crippen molar-refractivity contribution in [2.24, 2.45) is 22.7 Å². The summed E-state index contributed by atoms with van der Waals surface area (Å²) in [7, 11) is 0. The van der Waals surface area contributed by atoms with Crippen LogP contribution in [0.15, 0.2) is 36.4 Å². The van der Waals surface area contributed by atoms with Gasteiger partial charge in [-0.15, -0.1) is 0 Å². The van der Waals surface area contributed by atoms with Crippen LogP contribution < -0.4 is 5.32 Å². The highest BCUT2D eigenvalue weighted by molar-refractivity contribution is 5.83. The number of benzene rings is 2. The normalized spacial score (nSPS) is 37.8. The van der Waals surface area contributed by atoms with Crippen LogP contribution in [0, 0.1) is 22.7 Å². The molecule has 0 saturated heterocycles. The first-order valence-electron chi connectivity index (χ1n) is 14.9. The topological polar surface area (TPSA) is 69.6 Å². The van der Waals surface area contributed by atoms with Crippen molar-refractivity contribution >= 4 is 5.91 Å². The summed E-state index contributed by atoms with van der Waals surface area (Å²) >= 11 is 0. The standard InChI is InChI=1S/C34H45NO3/c1-31(15-5-16-32(2)26-19-24(36)11-7-22(26)9-13-28(31)32)21-35-30(38)34(4)18-6-17-33(3)27-20-25(37)12-8-23(27)10-14-29(33)34/h7-8,11-12,19-20,28-29,36-37H,5-6,9-10,13-18,21H2,1-4H3,(H,35,38)/t28-,29+,31+,32+,33+,34-/m0/s1. The number of carbonyl (C=O) groups is 1. The van der Waals surface area contributed by atoms with E-state index in [0.29, 0.717) is 17.4 Å². The molecule has 0 aliphatic heterocycles. The second-order valence-electron chi connectivity index (χ2n) is 14.2. The maximum Gasteiger partial charge on any atom is 0.226 e. The molecule has 0 bridgehead atoms. The maximum absolute atomic E-state index is 14.2. The first-order chi connectivity index (χ1) is 18.0. The molecule has 0 unspecified atom stereocenters. The monoisotopic (exact) mass is 515 g/mol. The van der Waals surface area contributed by atoms with Crippen LogP contribution in [0.25, 0.3) is 0 Å². The number of carbonyl (C=O) groups excluding carboxylic acids is 1. The first kappa shape index (κ1) is 25.8. The van der Waals surface area contributed by atoms with Gasteiger partial charge in [0.25, 0.3) is 0 Å². The Bertz CT molecular complexity index is 1270. The quantitative estimate of drug-likeness (QED) is 0.415. The van der Waals surface area contributed by atoms with E-state index < -0.39 is 5.41 Å². The fraction of sp³-hybridized carbons (Fsp3) is 0.618. The average Bonchev–Trinajstić information content (AvgIpc) is 2.88. The lowest BCUT2D eigenvalue weighted by Crippen LogP contribution is -2.58. The van der Waals surface area contributed by atoms with Crippen molar-refractivity contribution in [2.45, 2.75) is 103 Å². The number of phenols is 2. The molecule has 38 heavy (non-hydrogen) atoms. The van der Waals surface area contributed by atoms with Gasteiger partial charge in [-0.3, -0.25) is 4.79 Å². The van der Waals surface area contributed by atoms with E-state index in [4.69, 9.17) is 0 Å². The van der Waals surface area contributed by atoms with Gasteiger partial charge in [0.05, 0.1) is 5.41 Å². The minimum atomic E-state index is -0.407. The third-order valence-electron chi connectivity index (χ3n) is 12.0. The van der Waals surface area contributed by atoms with Crippen LogP contribution in [0.4, 0.5) is 0 Å². The van der Waals surface area contributed by atoms with Crippen LogP contribution in [0.3, 0.4) is 0 Å². The predicted molar refractivity (Wildman–Crippen MR) is 151 cm³/mol. The highest BCUT2D eigenvalue weighted by atomic mass is 16.3. The van der Waals surface area contributed by atoms with Gasteiger partial charge in [0.1, 0.15) is 11.5 Å². The molecule has 4 heteroatoms. The van der Waals surface area contributed by atoms with E-state index in [9.17, 15) is 15.0 Å². The highest BCUT2D eigenvalue weighted by Crippen LogP contribution is 2.59. The second kappa shape index (κ2) is 8.76. The summed E-state index contributed by atoms with van der Waals surface area (Å²) in [6.45, 7) is 10.1. The number of aromatic hydroxyl groups is 2. The molecule has 2 saturated carbocycles. The molecule has 4 aliphatic rings. The molecule has 3 N–H and O–H groups in total. The Morgan fingerprint density at radius 3 is 1.92 bits per heavy atom. The van der Waals surface area contributed by atoms with Crippen LogP contribution in [0.1, 0.15) is 101 Å². The summed E-state index contributed by atoms with van der Waals surface area (Å²) in [6.07, 6.45) is 10.6. The molecule has 6 rings (SSSR count). The molecule has 0 radical (unpaired) electrons. The summed E-state index contributed by atoms with van der Waals surface area (Å²) in [4.78, 5) is 14.2. The van der Waals surface area contributed by atoms with E-state index in [1.165, 1.54) is 22.3 Å². The lowest BCUT2D eigenvalue weighted by atomic mass is 9.49. The van der Waals surface area contributed by atoms with Crippen molar-refractivity contribution in [2.75, 3.05) is 6.54 Å². The van der Waals surface area contributed by atoms with E-state index >= 15 is 0 Å². The molecule has 4 aliphatic carbocycles. The number of hydrogen-bond donors (Lipinski definition) is 3. The number of amides is 1. The fourth-order valence-corrected chi connectivity index (χ4v) is 10.00. The Morgan fingerprint density at radius 1 is 0.789 bits per heavy atom. The molecule has 0 aromatic heterocycles. The Hall–Kier alpha value is -2.49. The van der Waals surface area contributed by atoms with Crippen molar-refractivity contribution in [1.82, 2.24) is 5.32 Å². The molecule has 0 heterocycles. The van der Waals surface area contributed by atoms with Crippen LogP contribution >= 0.6 is 0 Å². The largest absolute Gasteiger partial charge is 0.508 e. The molecule has 6 atom stereocenters. The van der Waals surface area contributed by atoms with Gasteiger partial charge < -0.3 is 15.5 Å². The molecule has 0 spiro atoms. The van der Waals surface area contributed by atoms with Gasteiger partial charge in [-0.1, -0.05) is 52.7 Å². The molecule has 2 aromatic rings. The molecule has 2 fully saturated rings. The summed E-state index contributed by atoms with van der Waals surface area (Å²) < 4.78 is 0. The molecule has 1 amide bonds. The average molecular weight is 516 g/mol. The number of hydrogen-bond acceptors (Lipinski definition) is 3. The van der Waals surface area contributed by atoms with Crippen LogP contribution in [-0.4, -0.2) is 22.7 Å². The van der Waals surface area contributed by atoms with Gasteiger partial charge in [0.15, 0.2) is 0 Å². The van der Waals surface area contributed by atoms with Crippen LogP contribution in [0.5, 0.6) is 11.5 Å². The number of fused-ring (bicyclic) bond motifs is 6. The zero-order valence-electron chi connectivity index (χ0n) is 23.7. The molecule has 4 nitrogen and oxygen atoms in total. The van der Waals surface area contributed by atoms with Crippen molar-refractivity contribution < 1.29 is 15.0 Å². The van der Waals surface area contributed by atoms with Gasteiger partial charge in [0.2, 0.25) is 5.91 Å². The third kappa shape index (κ3) is 3.72. The van der Waals surface area contributed by atoms with Crippen LogP contribution in [-0.2, 0) is 28.5 Å². The van der Waals surface area contributed by atoms with Crippen molar-refractivity contribution in [3.05, 3.63) is 58.7 Å². The zero-order chi connectivity index (χ0) is 26.9. The van der Waals surface area contributed by atoms with Crippen molar-refractivity contribution in [1.29, 1.82) is 0 Å². The molecule has 2 aromatic carbocycles. The summed E-state index contributed by atoms with van der Waals surface area (Å²) in [6, 6.07) is 11.8. The van der Waals surface area contributed by atoms with E-state index in [2.05, 4.69) is 45.1 Å². The lowest BCUT2D eigenvalue weighted by Gasteiger charge is -2.56. The predicted octanol–water partition coefficient (Wildman–Crippen LogP) is 6.93. The molecular weight excluding hydrogens is 470 g/mol. The third-order valence-corrected chi connectivity index (χ3v) is 12.0. The van der Waals surface area contributed by atoms with Crippen molar-refractivity contribution in [3.63, 3.8) is 0 Å². The van der Waals surface area contributed by atoms with Crippen molar-refractivity contribution in [3.8, 4) is 11.5 Å². The first-order valence-corrected chi connectivity index (χ1v) is 14.9. The highest BCUT2D eigenvalue weighted by Gasteiger charge is 2.56. The van der Waals surface area contributed by atoms with E-state index in [1.807, 2.05) is 18.2 Å². The number of phenolic OH excluding ortho intramolecular Hbond substituents is 2. The summed E-state index contributed by atoms with van der Waals surface area (Å²) in [5.74, 6) is 1.67. The Balaban J connectivity index is 1.24. The minimum absolute atomic E-state index is 0.0328. The van der Waals surface area contributed by atoms with E-state index in [-0.39, 0.29) is 28.1 Å². The number of aryl methyl sites for hydroxylation is 2. The smallest absolute Gasteiger partial charge is 0.226 e. The summed E-state index contributed by atoms with van der Waals surface area (Å²) in [5.41, 5.74) is 4.87. The molecule has 204 valence electrons. The van der Waals surface area contributed by atoms with E-state index in [0.717, 1.165) is 70.8 Å². The van der Waals surface area contributed by atoms with Crippen LogP contribution in [0.2, 0.25) is 0 Å². The SMILES string of the molecule is C[C@]1(CNC(=O)[C@@]2(C)CCC[C@]3(C)c4cc(O)ccc4CC[C@@H]23)CCC[C@]2(C)c3cc(O)ccc3CC[C@@H]12. The minimum Gasteiger partial charge on any atom is -0.508 e. The molecular formula is C34H45NO3. The lowest BCUT2D eigenvalue weighted by molar-refractivity contribution is -0.140.